The zero-order chi connectivity index (χ0) is 31.2. The number of fused-ring (bicyclic) bond motifs is 3. The summed E-state index contributed by atoms with van der Waals surface area (Å²) >= 11 is 0. The number of aromatic nitrogens is 4. The first-order chi connectivity index (χ1) is 21.9. The lowest BCUT2D eigenvalue weighted by Crippen LogP contribution is -2.00. The van der Waals surface area contributed by atoms with Crippen LogP contribution in [-0.2, 0) is 0 Å². The van der Waals surface area contributed by atoms with Gasteiger partial charge in [-0.3, -0.25) is 4.57 Å². The van der Waals surface area contributed by atoms with Crippen molar-refractivity contribution in [3.05, 3.63) is 120 Å². The molecule has 0 aliphatic heterocycles. The van der Waals surface area contributed by atoms with Gasteiger partial charge in [-0.2, -0.15) is 5.10 Å². The molecule has 0 radical (unpaired) electrons. The van der Waals surface area contributed by atoms with Crippen molar-refractivity contribution in [2.24, 2.45) is 0 Å². The molecule has 7 aromatic rings. The number of nitrogens with zero attached hydrogens (tertiary/aromatic N) is 4. The number of hydrogen-bond donors (Lipinski definition) is 0. The molecule has 0 aliphatic carbocycles. The maximum atomic E-state index is 6.49. The number of hydrogen-bond acceptors (Lipinski definition) is 5. The van der Waals surface area contributed by atoms with Gasteiger partial charge >= 0.3 is 0 Å². The van der Waals surface area contributed by atoms with Crippen LogP contribution >= 0.6 is 0 Å². The molecule has 0 unspecified atom stereocenters. The van der Waals surface area contributed by atoms with Gasteiger partial charge in [0.1, 0.15) is 28.8 Å². The first-order valence-corrected chi connectivity index (χ1v) is 14.9. The van der Waals surface area contributed by atoms with E-state index in [2.05, 4.69) is 60.9 Å². The van der Waals surface area contributed by atoms with Crippen molar-refractivity contribution in [1.82, 2.24) is 19.3 Å². The molecule has 7 nitrogen and oxygen atoms in total. The van der Waals surface area contributed by atoms with Crippen LogP contribution in [0.5, 0.6) is 23.0 Å². The normalized spacial score (nSPS) is 11.3. The molecule has 0 amide bonds. The van der Waals surface area contributed by atoms with Gasteiger partial charge in [-0.15, -0.1) is 0 Å². The van der Waals surface area contributed by atoms with E-state index in [4.69, 9.17) is 24.3 Å². The Labute approximate surface area is 262 Å². The van der Waals surface area contributed by atoms with Gasteiger partial charge < -0.3 is 14.2 Å². The highest BCUT2D eigenvalue weighted by molar-refractivity contribution is 6.09. The second-order valence-electron chi connectivity index (χ2n) is 11.3. The fourth-order valence-corrected chi connectivity index (χ4v) is 6.26. The van der Waals surface area contributed by atoms with Crippen LogP contribution in [0.25, 0.3) is 44.4 Å². The van der Waals surface area contributed by atoms with Gasteiger partial charge in [0, 0.05) is 40.4 Å². The molecule has 0 saturated heterocycles. The Balaban J connectivity index is 1.29. The summed E-state index contributed by atoms with van der Waals surface area (Å²) in [4.78, 5) is 4.70. The van der Waals surface area contributed by atoms with E-state index in [0.29, 0.717) is 5.75 Å². The third-order valence-electron chi connectivity index (χ3n) is 8.26. The van der Waals surface area contributed by atoms with Gasteiger partial charge in [-0.25, -0.2) is 9.67 Å². The predicted octanol–water partition coefficient (Wildman–Crippen LogP) is 9.07. The van der Waals surface area contributed by atoms with Crippen molar-refractivity contribution in [1.29, 1.82) is 0 Å². The topological polar surface area (TPSA) is 63.3 Å². The minimum Gasteiger partial charge on any atom is -0.496 e. The van der Waals surface area contributed by atoms with E-state index in [-0.39, 0.29) is 0 Å². The summed E-state index contributed by atoms with van der Waals surface area (Å²) in [6, 6.07) is 30.8. The summed E-state index contributed by atoms with van der Waals surface area (Å²) in [6.45, 7) is 8.18. The monoisotopic (exact) mass is 594 g/mol. The first-order valence-electron chi connectivity index (χ1n) is 14.9. The van der Waals surface area contributed by atoms with Gasteiger partial charge in [0.05, 0.1) is 42.2 Å². The van der Waals surface area contributed by atoms with Crippen molar-refractivity contribution in [3.8, 4) is 45.6 Å². The van der Waals surface area contributed by atoms with Gasteiger partial charge in [0.2, 0.25) is 0 Å². The number of aryl methyl sites for hydroxylation is 3. The summed E-state index contributed by atoms with van der Waals surface area (Å²) in [5.74, 6) is 3.83. The fraction of sp³-hybridized carbons (Fsp3) is 0.158. The van der Waals surface area contributed by atoms with Crippen LogP contribution in [-0.4, -0.2) is 33.6 Å². The number of methoxy groups -OCH3 is 2. The lowest BCUT2D eigenvalue weighted by Gasteiger charge is -2.15. The molecule has 7 rings (SSSR count). The summed E-state index contributed by atoms with van der Waals surface area (Å²) in [5, 5.41) is 7.25. The quantitative estimate of drug-likeness (QED) is 0.184. The summed E-state index contributed by atoms with van der Waals surface area (Å²) in [6.07, 6.45) is 1.85. The second kappa shape index (κ2) is 11.2. The highest BCUT2D eigenvalue weighted by Crippen LogP contribution is 2.43. The van der Waals surface area contributed by atoms with Crippen molar-refractivity contribution >= 4 is 21.8 Å². The molecule has 0 fully saturated rings. The van der Waals surface area contributed by atoms with E-state index in [0.717, 1.165) is 78.8 Å². The maximum Gasteiger partial charge on any atom is 0.137 e. The zero-order valence-corrected chi connectivity index (χ0v) is 26.3. The van der Waals surface area contributed by atoms with Gasteiger partial charge in [-0.05, 0) is 93.4 Å². The molecule has 3 aromatic heterocycles. The van der Waals surface area contributed by atoms with E-state index in [1.54, 1.807) is 14.2 Å². The van der Waals surface area contributed by atoms with Crippen LogP contribution in [0.2, 0.25) is 0 Å². The van der Waals surface area contributed by atoms with Crippen molar-refractivity contribution < 1.29 is 14.2 Å². The van der Waals surface area contributed by atoms with Crippen LogP contribution in [0, 0.1) is 27.7 Å². The van der Waals surface area contributed by atoms with Crippen LogP contribution in [0.3, 0.4) is 0 Å². The van der Waals surface area contributed by atoms with Gasteiger partial charge in [-0.1, -0.05) is 24.3 Å². The summed E-state index contributed by atoms with van der Waals surface area (Å²) < 4.78 is 22.2. The Bertz CT molecular complexity index is 2200. The standard InChI is InChI=1S/C38H34N4O3/c1-23-16-17-39-36(20-23)41-32-13-8-7-12-30(32)31-15-14-29(22-33(31)41)45-28-11-9-10-27(21-28)42-26(4)37(25(3)40-42)38-34(43-5)18-24(2)19-35(38)44-6/h7-22H,1-6H3. The SMILES string of the molecule is COc1cc(C)cc(OC)c1-c1c(C)nn(-c2cccc(Oc3ccc4c5ccccc5n(-c5cc(C)ccn5)c4c3)c2)c1C. The molecular weight excluding hydrogens is 560 g/mol. The molecule has 0 spiro atoms. The maximum absolute atomic E-state index is 6.49. The molecule has 0 N–H and O–H groups in total. The predicted molar refractivity (Wildman–Crippen MR) is 180 cm³/mol. The number of ether oxygens (including phenoxy) is 3. The zero-order valence-electron chi connectivity index (χ0n) is 26.3. The lowest BCUT2D eigenvalue weighted by molar-refractivity contribution is 0.396. The number of pyridine rings is 1. The van der Waals surface area contributed by atoms with Crippen molar-refractivity contribution in [3.63, 3.8) is 0 Å². The molecule has 45 heavy (non-hydrogen) atoms. The molecule has 4 aromatic carbocycles. The molecule has 0 atom stereocenters. The molecule has 224 valence electrons. The Kier molecular flexibility index (Phi) is 7.01. The molecule has 7 heteroatoms. The van der Waals surface area contributed by atoms with E-state index in [1.807, 2.05) is 73.3 Å². The molecular formula is C38H34N4O3. The van der Waals surface area contributed by atoms with Crippen molar-refractivity contribution in [2.45, 2.75) is 27.7 Å². The second-order valence-corrected chi connectivity index (χ2v) is 11.3. The van der Waals surface area contributed by atoms with E-state index in [9.17, 15) is 0 Å². The third kappa shape index (κ3) is 4.86. The number of benzene rings is 4. The van der Waals surface area contributed by atoms with Crippen molar-refractivity contribution in [2.75, 3.05) is 14.2 Å². The largest absolute Gasteiger partial charge is 0.496 e. The summed E-state index contributed by atoms with van der Waals surface area (Å²) in [5.41, 5.74) is 8.98. The van der Waals surface area contributed by atoms with Gasteiger partial charge in [0.15, 0.2) is 0 Å². The smallest absolute Gasteiger partial charge is 0.137 e. The van der Waals surface area contributed by atoms with Crippen LogP contribution < -0.4 is 14.2 Å². The lowest BCUT2D eigenvalue weighted by atomic mass is 9.99. The number of rotatable bonds is 7. The highest BCUT2D eigenvalue weighted by atomic mass is 16.5. The molecule has 0 aliphatic rings. The van der Waals surface area contributed by atoms with Crippen LogP contribution in [0.1, 0.15) is 22.5 Å². The van der Waals surface area contributed by atoms with Gasteiger partial charge in [0.25, 0.3) is 0 Å². The molecule has 0 saturated carbocycles. The third-order valence-corrected chi connectivity index (χ3v) is 8.26. The Morgan fingerprint density at radius 2 is 1.36 bits per heavy atom. The minimum atomic E-state index is 0.711. The average Bonchev–Trinajstić information content (AvgIpc) is 3.53. The number of para-hydroxylation sites is 1. The molecule has 0 bridgehead atoms. The van der Waals surface area contributed by atoms with E-state index < -0.39 is 0 Å². The summed E-state index contributed by atoms with van der Waals surface area (Å²) in [7, 11) is 3.36. The van der Waals surface area contributed by atoms with E-state index in [1.165, 1.54) is 5.39 Å². The first kappa shape index (κ1) is 28.2. The minimum absolute atomic E-state index is 0.711. The molecule has 3 heterocycles. The Morgan fingerprint density at radius 3 is 2.11 bits per heavy atom. The average molecular weight is 595 g/mol. The highest BCUT2D eigenvalue weighted by Gasteiger charge is 2.23. The Morgan fingerprint density at radius 1 is 0.622 bits per heavy atom. The fourth-order valence-electron chi connectivity index (χ4n) is 6.26. The van der Waals surface area contributed by atoms with Crippen LogP contribution in [0.15, 0.2) is 97.2 Å². The van der Waals surface area contributed by atoms with E-state index >= 15 is 0 Å². The Hall–Kier alpha value is -5.56. The van der Waals surface area contributed by atoms with Crippen LogP contribution in [0.4, 0.5) is 0 Å².